The molecule has 0 nitrogen and oxygen atoms in total. The highest BCUT2D eigenvalue weighted by Gasteiger charge is 2.24. The van der Waals surface area contributed by atoms with Crippen molar-refractivity contribution in [2.75, 3.05) is 5.75 Å². The minimum absolute atomic E-state index is 1.00. The van der Waals surface area contributed by atoms with Gasteiger partial charge in [0.05, 0.1) is 0 Å². The fraction of sp³-hybridized carbons (Fsp3) is 1.00. The summed E-state index contributed by atoms with van der Waals surface area (Å²) in [6, 6.07) is 0. The first-order valence-electron chi connectivity index (χ1n) is 3.94. The first-order valence-corrected chi connectivity index (χ1v) is 4.99. The highest BCUT2D eigenvalue weighted by molar-refractivity contribution is 8.25. The van der Waals surface area contributed by atoms with E-state index in [1.807, 2.05) is 0 Å². The van der Waals surface area contributed by atoms with Crippen molar-refractivity contribution in [3.05, 3.63) is 0 Å². The van der Waals surface area contributed by atoms with E-state index < -0.39 is 0 Å². The fourth-order valence-electron chi connectivity index (χ4n) is 1.54. The van der Waals surface area contributed by atoms with Gasteiger partial charge in [0.15, 0.2) is 0 Å². The lowest BCUT2D eigenvalue weighted by molar-refractivity contribution is 0.658. The monoisotopic (exact) mass is 142 g/mol. The Morgan fingerprint density at radius 3 is 2.89 bits per heavy atom. The minimum atomic E-state index is 1.00. The van der Waals surface area contributed by atoms with Crippen molar-refractivity contribution in [1.29, 1.82) is 0 Å². The summed E-state index contributed by atoms with van der Waals surface area (Å²) < 4.78 is 0. The number of rotatable bonds is 2. The van der Waals surface area contributed by atoms with Gasteiger partial charge < -0.3 is 0 Å². The highest BCUT2D eigenvalue weighted by Crippen LogP contribution is 2.31. The summed E-state index contributed by atoms with van der Waals surface area (Å²) in [6.07, 6.45) is 4.41. The molecule has 52 valence electrons. The average Bonchev–Trinajstić information content (AvgIpc) is 2.17. The normalized spacial score (nSPS) is 27.3. The van der Waals surface area contributed by atoms with Crippen molar-refractivity contribution in [3.8, 4) is 0 Å². The molecule has 0 amide bonds. The second-order valence-electron chi connectivity index (χ2n) is 3.00. The van der Waals surface area contributed by atoms with Crippen LogP contribution in [0.25, 0.3) is 0 Å². The third kappa shape index (κ3) is 2.25. The Hall–Kier alpha value is 0.415. The molecular weight excluding hydrogens is 127 g/mol. The molecule has 0 bridgehead atoms. The zero-order valence-electron chi connectivity index (χ0n) is 6.39. The molecule has 2 heteroatoms. The summed E-state index contributed by atoms with van der Waals surface area (Å²) >= 11 is 2.14. The van der Waals surface area contributed by atoms with E-state index in [0.717, 1.165) is 11.9 Å². The van der Waals surface area contributed by atoms with Crippen molar-refractivity contribution in [2.45, 2.75) is 32.9 Å². The predicted molar refractivity (Wildman–Crippen MR) is 47.3 cm³/mol. The summed E-state index contributed by atoms with van der Waals surface area (Å²) in [7, 11) is 0. The first-order chi connectivity index (χ1) is 4.33. The van der Waals surface area contributed by atoms with Crippen LogP contribution in [0.4, 0.5) is 0 Å². The van der Waals surface area contributed by atoms with Gasteiger partial charge in [0.1, 0.15) is 0 Å². The Bertz CT molecular complexity index is 83.0. The van der Waals surface area contributed by atoms with Gasteiger partial charge >= 0.3 is 0 Å². The van der Waals surface area contributed by atoms with Gasteiger partial charge in [0.2, 0.25) is 5.99 Å². The number of hydrogen-bond donors (Lipinski definition) is 0. The van der Waals surface area contributed by atoms with Crippen molar-refractivity contribution in [3.63, 3.8) is 0 Å². The largest absolute Gasteiger partial charge is 0.210 e. The van der Waals surface area contributed by atoms with Gasteiger partial charge in [-0.05, 0) is 5.75 Å². The first kappa shape index (κ1) is 7.52. The predicted octanol–water partition coefficient (Wildman–Crippen LogP) is 2.77. The fourth-order valence-corrected chi connectivity index (χ4v) is 2.78. The van der Waals surface area contributed by atoms with Crippen LogP contribution in [-0.2, 0) is 0 Å². The summed E-state index contributed by atoms with van der Waals surface area (Å²) in [5.41, 5.74) is 0. The summed E-state index contributed by atoms with van der Waals surface area (Å²) in [6.45, 7) is 4.63. The molecule has 0 saturated carbocycles. The molecule has 0 spiro atoms. The summed E-state index contributed by atoms with van der Waals surface area (Å²) in [5.74, 6) is 3.32. The molecule has 0 aromatic heterocycles. The van der Waals surface area contributed by atoms with Gasteiger partial charge in [0, 0.05) is 0 Å². The van der Waals surface area contributed by atoms with Crippen LogP contribution in [0.1, 0.15) is 20.3 Å². The molecule has 1 saturated heterocycles. The van der Waals surface area contributed by atoms with E-state index in [1.165, 1.54) is 24.8 Å². The topological polar surface area (TPSA) is 0 Å². The number of hydrogen-bond acceptors (Lipinski definition) is 1. The lowest BCUT2D eigenvalue weighted by atomic mass is 9.74. The molecule has 1 aliphatic heterocycles. The van der Waals surface area contributed by atoms with Crippen LogP contribution < -0.4 is 0 Å². The Morgan fingerprint density at radius 2 is 2.44 bits per heavy atom. The molecule has 9 heavy (non-hydrogen) atoms. The van der Waals surface area contributed by atoms with Crippen LogP contribution in [0, 0.1) is 5.92 Å². The van der Waals surface area contributed by atoms with Crippen LogP contribution in [-0.4, -0.2) is 11.7 Å². The standard InChI is InChI=1S/C7H15BS/c1-3-9-8-5-4-7(2)6-8/h7H,3-6H2,1-2H3. The summed E-state index contributed by atoms with van der Waals surface area (Å²) in [5, 5.41) is 0. The molecule has 1 atom stereocenters. The van der Waals surface area contributed by atoms with Gasteiger partial charge in [-0.1, -0.05) is 38.8 Å². The molecule has 1 aliphatic rings. The van der Waals surface area contributed by atoms with Crippen LogP contribution >= 0.6 is 11.6 Å². The second-order valence-corrected chi connectivity index (χ2v) is 4.57. The van der Waals surface area contributed by atoms with E-state index in [1.54, 1.807) is 0 Å². The van der Waals surface area contributed by atoms with E-state index in [-0.39, 0.29) is 0 Å². The van der Waals surface area contributed by atoms with Gasteiger partial charge in [-0.25, -0.2) is 11.6 Å². The van der Waals surface area contributed by atoms with Gasteiger partial charge in [0.25, 0.3) is 0 Å². The van der Waals surface area contributed by atoms with Crippen molar-refractivity contribution < 1.29 is 0 Å². The summed E-state index contributed by atoms with van der Waals surface area (Å²) in [4.78, 5) is 0. The lowest BCUT2D eigenvalue weighted by Gasteiger charge is -2.00. The van der Waals surface area contributed by atoms with Gasteiger partial charge in [-0.3, -0.25) is 0 Å². The SMILES string of the molecule is CCSB1CCC(C)C1. The molecule has 1 rings (SSSR count). The molecule has 0 aromatic carbocycles. The Labute approximate surface area is 62.8 Å². The molecular formula is C7H15BS. The maximum Gasteiger partial charge on any atom is 0.209 e. The van der Waals surface area contributed by atoms with E-state index in [4.69, 9.17) is 0 Å². The van der Waals surface area contributed by atoms with E-state index in [9.17, 15) is 0 Å². The Kier molecular flexibility index (Phi) is 2.97. The van der Waals surface area contributed by atoms with E-state index in [2.05, 4.69) is 25.5 Å². The van der Waals surface area contributed by atoms with Crippen LogP contribution in [0.2, 0.25) is 12.6 Å². The van der Waals surface area contributed by atoms with Crippen LogP contribution in [0.15, 0.2) is 0 Å². The molecule has 1 unspecified atom stereocenters. The third-order valence-corrected chi connectivity index (χ3v) is 3.28. The van der Waals surface area contributed by atoms with Crippen molar-refractivity contribution in [1.82, 2.24) is 0 Å². The zero-order valence-corrected chi connectivity index (χ0v) is 7.21. The lowest BCUT2D eigenvalue weighted by Crippen LogP contribution is -2.00. The molecule has 0 N–H and O–H groups in total. The molecule has 0 radical (unpaired) electrons. The third-order valence-electron chi connectivity index (χ3n) is 2.05. The van der Waals surface area contributed by atoms with Crippen molar-refractivity contribution in [2.24, 2.45) is 5.92 Å². The van der Waals surface area contributed by atoms with E-state index >= 15 is 0 Å². The smallest absolute Gasteiger partial charge is 0.209 e. The molecule has 1 fully saturated rings. The van der Waals surface area contributed by atoms with Crippen LogP contribution in [0.3, 0.4) is 0 Å². The van der Waals surface area contributed by atoms with Crippen LogP contribution in [0.5, 0.6) is 0 Å². The minimum Gasteiger partial charge on any atom is -0.210 e. The molecule has 0 aliphatic carbocycles. The second kappa shape index (κ2) is 3.55. The molecule has 1 heterocycles. The molecule has 0 aromatic rings. The average molecular weight is 142 g/mol. The maximum atomic E-state index is 2.37. The quantitative estimate of drug-likeness (QED) is 0.534. The van der Waals surface area contributed by atoms with E-state index in [0.29, 0.717) is 0 Å². The Balaban J connectivity index is 2.14. The zero-order chi connectivity index (χ0) is 6.69. The highest BCUT2D eigenvalue weighted by atomic mass is 32.2. The Morgan fingerprint density at radius 1 is 1.67 bits per heavy atom. The van der Waals surface area contributed by atoms with Crippen molar-refractivity contribution >= 4 is 17.6 Å². The van der Waals surface area contributed by atoms with Gasteiger partial charge in [-0.2, -0.15) is 0 Å². The van der Waals surface area contributed by atoms with Gasteiger partial charge in [-0.15, -0.1) is 0 Å². The maximum absolute atomic E-state index is 2.37.